The van der Waals surface area contributed by atoms with Gasteiger partial charge in [0.2, 0.25) is 0 Å². The van der Waals surface area contributed by atoms with Crippen molar-refractivity contribution in [3.63, 3.8) is 0 Å². The summed E-state index contributed by atoms with van der Waals surface area (Å²) in [5.41, 5.74) is 7.23. The van der Waals surface area contributed by atoms with Crippen LogP contribution in [0.2, 0.25) is 0 Å². The van der Waals surface area contributed by atoms with Gasteiger partial charge < -0.3 is 9.47 Å². The molecule has 3 heterocycles. The third kappa shape index (κ3) is 6.78. The molecule has 0 saturated heterocycles. The molecule has 0 bridgehead atoms. The van der Waals surface area contributed by atoms with E-state index in [9.17, 15) is 4.79 Å². The maximum atomic E-state index is 11.7. The number of aromatic nitrogens is 2. The summed E-state index contributed by atoms with van der Waals surface area (Å²) in [7, 11) is 0. The summed E-state index contributed by atoms with van der Waals surface area (Å²) in [4.78, 5) is 22.3. The topological polar surface area (TPSA) is 61.3 Å². The Labute approximate surface area is 274 Å². The molecule has 5 nitrogen and oxygen atoms in total. The molecule has 7 aromatic rings. The van der Waals surface area contributed by atoms with Crippen LogP contribution in [0, 0.1) is 0 Å². The van der Waals surface area contributed by atoms with E-state index >= 15 is 0 Å². The van der Waals surface area contributed by atoms with Crippen molar-refractivity contribution in [2.75, 3.05) is 0 Å². The first-order valence-corrected chi connectivity index (χ1v) is 16.7. The molecule has 0 radical (unpaired) electrons. The van der Waals surface area contributed by atoms with Gasteiger partial charge in [0.25, 0.3) is 0 Å². The number of aryl methyl sites for hydroxylation is 1. The second-order valence-corrected chi connectivity index (χ2v) is 13.1. The number of rotatable bonds is 11. The molecule has 0 unspecified atom stereocenters. The van der Waals surface area contributed by atoms with Crippen molar-refractivity contribution in [2.24, 2.45) is 0 Å². The van der Waals surface area contributed by atoms with Gasteiger partial charge in [-0.3, -0.25) is 4.79 Å². The Kier molecular flexibility index (Phi) is 8.60. The van der Waals surface area contributed by atoms with Gasteiger partial charge in [0.1, 0.15) is 29.7 Å². The van der Waals surface area contributed by atoms with Crippen LogP contribution in [0.3, 0.4) is 0 Å². The molecular weight excluding hydrogens is 617 g/mol. The van der Waals surface area contributed by atoms with E-state index in [2.05, 4.69) is 65.5 Å². The second-order valence-electron chi connectivity index (χ2n) is 10.5. The normalized spacial score (nSPS) is 11.2. The summed E-state index contributed by atoms with van der Waals surface area (Å²) >= 11 is 7.33. The number of ether oxygens (including phenoxy) is 2. The molecular formula is C37H28N2O3S3. The molecule has 45 heavy (non-hydrogen) atoms. The molecule has 0 amide bonds. The zero-order chi connectivity index (χ0) is 30.6. The van der Waals surface area contributed by atoms with Crippen LogP contribution < -0.4 is 9.47 Å². The van der Waals surface area contributed by atoms with Crippen molar-refractivity contribution in [3.8, 4) is 33.8 Å². The summed E-state index contributed by atoms with van der Waals surface area (Å²) in [6.45, 7) is 0.812. The smallest absolute Gasteiger partial charge is 0.186 e. The lowest BCUT2D eigenvalue weighted by Gasteiger charge is -2.11. The minimum absolute atomic E-state index is 0.114. The summed E-state index contributed by atoms with van der Waals surface area (Å²) in [5.74, 6) is 1.56. The lowest BCUT2D eigenvalue weighted by atomic mass is 9.95. The number of hydrogen-bond acceptors (Lipinski definition) is 7. The van der Waals surface area contributed by atoms with Crippen LogP contribution in [0.1, 0.15) is 22.0 Å². The van der Waals surface area contributed by atoms with Gasteiger partial charge in [-0.05, 0) is 71.5 Å². The maximum absolute atomic E-state index is 11.7. The first kappa shape index (κ1) is 29.2. The van der Waals surface area contributed by atoms with E-state index in [1.165, 1.54) is 0 Å². The van der Waals surface area contributed by atoms with Gasteiger partial charge in [0.05, 0.1) is 21.4 Å². The number of carbonyl (C=O) groups is 1. The Morgan fingerprint density at radius 1 is 0.711 bits per heavy atom. The van der Waals surface area contributed by atoms with Gasteiger partial charge in [-0.2, -0.15) is 0 Å². The fourth-order valence-electron chi connectivity index (χ4n) is 5.25. The lowest BCUT2D eigenvalue weighted by Crippen LogP contribution is -1.98. The molecule has 0 aliphatic heterocycles. The Bertz CT molecular complexity index is 2070. The maximum Gasteiger partial charge on any atom is 0.186 e. The first-order valence-electron chi connectivity index (χ1n) is 14.6. The van der Waals surface area contributed by atoms with Crippen LogP contribution >= 0.6 is 35.3 Å². The predicted molar refractivity (Wildman–Crippen MR) is 188 cm³/mol. The molecule has 222 valence electrons. The summed E-state index contributed by atoms with van der Waals surface area (Å²) in [5, 5.41) is 4.11. The number of thiol groups is 1. The van der Waals surface area contributed by atoms with Crippen molar-refractivity contribution in [2.45, 2.75) is 26.1 Å². The van der Waals surface area contributed by atoms with Crippen molar-refractivity contribution in [1.82, 2.24) is 9.97 Å². The quantitative estimate of drug-likeness (QED) is 0.142. The predicted octanol–water partition coefficient (Wildman–Crippen LogP) is 9.79. The highest BCUT2D eigenvalue weighted by Crippen LogP contribution is 2.41. The monoisotopic (exact) mass is 644 g/mol. The molecule has 0 atom stereocenters. The number of fused-ring (bicyclic) bond motifs is 2. The van der Waals surface area contributed by atoms with Crippen molar-refractivity contribution >= 4 is 61.5 Å². The first-order chi connectivity index (χ1) is 22.1. The summed E-state index contributed by atoms with van der Waals surface area (Å²) in [6.07, 6.45) is 1.02. The van der Waals surface area contributed by atoms with Gasteiger partial charge in [-0.1, -0.05) is 60.7 Å². The van der Waals surface area contributed by atoms with Crippen LogP contribution in [-0.4, -0.2) is 15.1 Å². The third-order valence-electron chi connectivity index (χ3n) is 7.48. The molecule has 0 N–H and O–H groups in total. The largest absolute Gasteiger partial charge is 0.487 e. The number of pyridine rings is 1. The van der Waals surface area contributed by atoms with E-state index in [0.717, 1.165) is 70.5 Å². The zero-order valence-electron chi connectivity index (χ0n) is 24.2. The average Bonchev–Trinajstić information content (AvgIpc) is 3.70. The molecule has 7 rings (SSSR count). The molecule has 3 aromatic heterocycles. The number of para-hydroxylation sites is 2. The Morgan fingerprint density at radius 2 is 1.40 bits per heavy atom. The van der Waals surface area contributed by atoms with Crippen LogP contribution in [0.5, 0.6) is 11.5 Å². The average molecular weight is 645 g/mol. The number of benzene rings is 4. The molecule has 8 heteroatoms. The Morgan fingerprint density at radius 3 is 2.16 bits per heavy atom. The van der Waals surface area contributed by atoms with Crippen molar-refractivity contribution in [1.29, 1.82) is 0 Å². The van der Waals surface area contributed by atoms with E-state index in [-0.39, 0.29) is 5.12 Å². The van der Waals surface area contributed by atoms with Gasteiger partial charge in [0, 0.05) is 27.8 Å². The van der Waals surface area contributed by atoms with Gasteiger partial charge >= 0.3 is 0 Å². The molecule has 0 fully saturated rings. The number of carbonyl (C=O) groups excluding carboxylic acids is 1. The highest BCUT2D eigenvalue weighted by atomic mass is 32.1. The standard InChI is InChI=1S/C37H28N2O3S3/c40-36(43)20-19-34-37(26-12-17-28(18-13-26)41-21-27-14-9-25-5-1-2-6-31(25)38-27)30(23-44-34)24-10-15-29(16-11-24)42-22-35-39-32-7-3-4-8-33(32)45-35/h1-18,23H,19-22H2,(H,40,43). The highest BCUT2D eigenvalue weighted by molar-refractivity contribution is 7.96. The second kappa shape index (κ2) is 13.2. The number of thiazole rings is 1. The van der Waals surface area contributed by atoms with Gasteiger partial charge in [-0.25, -0.2) is 9.97 Å². The van der Waals surface area contributed by atoms with E-state index in [1.54, 1.807) is 22.7 Å². The molecule has 0 aliphatic carbocycles. The van der Waals surface area contributed by atoms with Crippen LogP contribution in [0.25, 0.3) is 43.4 Å². The van der Waals surface area contributed by atoms with E-state index in [4.69, 9.17) is 14.5 Å². The van der Waals surface area contributed by atoms with Gasteiger partial charge in [0.15, 0.2) is 5.12 Å². The molecule has 0 aliphatic rings. The van der Waals surface area contributed by atoms with E-state index in [0.29, 0.717) is 26.1 Å². The molecule has 0 spiro atoms. The fraction of sp³-hybridized carbons (Fsp3) is 0.108. The van der Waals surface area contributed by atoms with Crippen molar-refractivity contribution in [3.05, 3.63) is 130 Å². The lowest BCUT2D eigenvalue weighted by molar-refractivity contribution is -0.110. The summed E-state index contributed by atoms with van der Waals surface area (Å²) < 4.78 is 13.3. The van der Waals surface area contributed by atoms with E-state index < -0.39 is 0 Å². The SMILES string of the molecule is O=C(S)CCc1scc(-c2ccc(OCc3nc4ccccc4s3)cc2)c1-c1ccc(OCc2ccc3ccccc3n2)cc1. The highest BCUT2D eigenvalue weighted by Gasteiger charge is 2.17. The number of hydrogen-bond donors (Lipinski definition) is 1. The van der Waals surface area contributed by atoms with Crippen molar-refractivity contribution < 1.29 is 14.3 Å². The van der Waals surface area contributed by atoms with Gasteiger partial charge in [-0.15, -0.1) is 35.3 Å². The van der Waals surface area contributed by atoms with E-state index in [1.807, 2.05) is 66.7 Å². The minimum Gasteiger partial charge on any atom is -0.487 e. The number of nitrogens with zero attached hydrogens (tertiary/aromatic N) is 2. The molecule has 4 aromatic carbocycles. The van der Waals surface area contributed by atoms with Crippen LogP contribution in [-0.2, 0) is 24.4 Å². The number of thiophene rings is 1. The Balaban J connectivity index is 1.08. The van der Waals surface area contributed by atoms with Crippen LogP contribution in [0.15, 0.2) is 115 Å². The zero-order valence-corrected chi connectivity index (χ0v) is 26.7. The minimum atomic E-state index is -0.114. The van der Waals surface area contributed by atoms with Crippen LogP contribution in [0.4, 0.5) is 0 Å². The third-order valence-corrected chi connectivity index (χ3v) is 9.76. The molecule has 0 saturated carbocycles. The Hall–Kier alpha value is -4.50. The fourth-order valence-corrected chi connectivity index (χ4v) is 7.32. The summed E-state index contributed by atoms with van der Waals surface area (Å²) in [6, 6.07) is 36.6.